The van der Waals surface area contributed by atoms with E-state index in [1.165, 1.54) is 5.69 Å². The normalized spacial score (nSPS) is 15.0. The molecule has 1 heterocycles. The number of benzene rings is 2. The Balaban J connectivity index is 1.69. The Labute approximate surface area is 168 Å². The molecule has 7 heteroatoms. The zero-order valence-corrected chi connectivity index (χ0v) is 17.5. The summed E-state index contributed by atoms with van der Waals surface area (Å²) < 4.78 is 6.54. The standard InChI is InChI=1S/C20H25BrN4O2/c1-14-11-18(19(27-3)12-15(14)2)22-20(23-26)25-9-7-24(8-10-25)17-6-4-5-16(21)13-17/h4-6,11-13,26H,7-10H2,1-3H3,(H,22,23). The first-order valence-corrected chi connectivity index (χ1v) is 9.71. The first kappa shape index (κ1) is 19.4. The van der Waals surface area contributed by atoms with Crippen LogP contribution in [0.15, 0.2) is 46.0 Å². The van der Waals surface area contributed by atoms with E-state index in [0.29, 0.717) is 5.96 Å². The van der Waals surface area contributed by atoms with E-state index in [1.54, 1.807) is 7.11 Å². The number of nitrogens with zero attached hydrogens (tertiary/aromatic N) is 3. The Hall–Kier alpha value is -2.41. The Morgan fingerprint density at radius 1 is 1.11 bits per heavy atom. The van der Waals surface area contributed by atoms with Crippen LogP contribution in [0.25, 0.3) is 0 Å². The second kappa shape index (κ2) is 8.52. The van der Waals surface area contributed by atoms with Gasteiger partial charge in [-0.2, -0.15) is 0 Å². The molecule has 0 aliphatic carbocycles. The summed E-state index contributed by atoms with van der Waals surface area (Å²) in [6.45, 7) is 7.30. The molecule has 2 N–H and O–H groups in total. The monoisotopic (exact) mass is 432 g/mol. The molecule has 1 aliphatic rings. The van der Waals surface area contributed by atoms with Crippen LogP contribution < -0.4 is 15.0 Å². The van der Waals surface area contributed by atoms with Crippen LogP contribution in [0.3, 0.4) is 0 Å². The van der Waals surface area contributed by atoms with Gasteiger partial charge in [0.1, 0.15) is 5.75 Å². The number of aryl methyl sites for hydroxylation is 2. The summed E-state index contributed by atoms with van der Waals surface area (Å²) in [4.78, 5) is 4.37. The quantitative estimate of drug-likeness (QED) is 0.331. The van der Waals surface area contributed by atoms with E-state index in [4.69, 9.17) is 4.74 Å². The minimum absolute atomic E-state index is 0.436. The van der Waals surface area contributed by atoms with Crippen LogP contribution >= 0.6 is 15.9 Å². The highest BCUT2D eigenvalue weighted by Crippen LogP contribution is 2.28. The summed E-state index contributed by atoms with van der Waals surface area (Å²) in [6, 6.07) is 12.3. The number of ether oxygens (including phenoxy) is 1. The molecular formula is C20H25BrN4O2. The summed E-state index contributed by atoms with van der Waals surface area (Å²) in [6.07, 6.45) is 0. The lowest BCUT2D eigenvalue weighted by molar-refractivity contribution is 0.295. The van der Waals surface area contributed by atoms with Gasteiger partial charge in [-0.15, -0.1) is 0 Å². The number of hydrogen-bond acceptors (Lipinski definition) is 4. The van der Waals surface area contributed by atoms with Crippen molar-refractivity contribution < 1.29 is 9.94 Å². The van der Waals surface area contributed by atoms with Gasteiger partial charge in [0.2, 0.25) is 5.96 Å². The van der Waals surface area contributed by atoms with Gasteiger partial charge in [-0.25, -0.2) is 0 Å². The molecule has 2 aromatic carbocycles. The summed E-state index contributed by atoms with van der Waals surface area (Å²) >= 11 is 3.53. The van der Waals surface area contributed by atoms with E-state index in [9.17, 15) is 5.21 Å². The fourth-order valence-electron chi connectivity index (χ4n) is 3.19. The molecule has 27 heavy (non-hydrogen) atoms. The minimum atomic E-state index is 0.436. The molecule has 2 aromatic rings. The fourth-order valence-corrected chi connectivity index (χ4v) is 3.58. The van der Waals surface area contributed by atoms with Gasteiger partial charge in [-0.05, 0) is 55.3 Å². The highest BCUT2D eigenvalue weighted by Gasteiger charge is 2.21. The van der Waals surface area contributed by atoms with Crippen LogP contribution in [0.4, 0.5) is 11.4 Å². The molecule has 1 fully saturated rings. The average molecular weight is 433 g/mol. The zero-order valence-electron chi connectivity index (χ0n) is 15.9. The Kier molecular flexibility index (Phi) is 6.11. The maximum Gasteiger partial charge on any atom is 0.240 e. The third kappa shape index (κ3) is 4.47. The number of oxime groups is 1. The molecule has 1 saturated heterocycles. The van der Waals surface area contributed by atoms with E-state index in [-0.39, 0.29) is 0 Å². The molecule has 3 rings (SSSR count). The Morgan fingerprint density at radius 2 is 1.81 bits per heavy atom. The van der Waals surface area contributed by atoms with E-state index >= 15 is 0 Å². The van der Waals surface area contributed by atoms with E-state index < -0.39 is 0 Å². The lowest BCUT2D eigenvalue weighted by atomic mass is 10.1. The molecule has 0 saturated carbocycles. The Bertz CT molecular complexity index is 833. The number of piperazine rings is 1. The van der Waals surface area contributed by atoms with Crippen molar-refractivity contribution in [2.24, 2.45) is 5.16 Å². The summed E-state index contributed by atoms with van der Waals surface area (Å²) in [7, 11) is 1.64. The number of guanidine groups is 1. The lowest BCUT2D eigenvalue weighted by Crippen LogP contribution is -2.50. The number of rotatable bonds is 3. The van der Waals surface area contributed by atoms with E-state index in [0.717, 1.165) is 53.2 Å². The molecule has 0 bridgehead atoms. The number of nitrogens with one attached hydrogen (secondary N) is 1. The van der Waals surface area contributed by atoms with Crippen LogP contribution in [0.5, 0.6) is 5.75 Å². The van der Waals surface area contributed by atoms with Gasteiger partial charge in [0.25, 0.3) is 0 Å². The number of methoxy groups -OCH3 is 1. The maximum atomic E-state index is 9.57. The summed E-state index contributed by atoms with van der Waals surface area (Å²) in [5, 5.41) is 16.3. The van der Waals surface area contributed by atoms with Crippen molar-refractivity contribution >= 4 is 33.3 Å². The smallest absolute Gasteiger partial charge is 0.240 e. The van der Waals surface area contributed by atoms with Crippen molar-refractivity contribution in [2.75, 3.05) is 43.5 Å². The molecule has 144 valence electrons. The van der Waals surface area contributed by atoms with Crippen molar-refractivity contribution in [3.05, 3.63) is 52.0 Å². The van der Waals surface area contributed by atoms with Gasteiger partial charge < -0.3 is 25.1 Å². The van der Waals surface area contributed by atoms with E-state index in [1.807, 2.05) is 43.0 Å². The Morgan fingerprint density at radius 3 is 2.44 bits per heavy atom. The third-order valence-electron chi connectivity index (χ3n) is 4.91. The molecule has 1 aliphatic heterocycles. The minimum Gasteiger partial charge on any atom is -0.495 e. The van der Waals surface area contributed by atoms with Gasteiger partial charge >= 0.3 is 0 Å². The van der Waals surface area contributed by atoms with Crippen molar-refractivity contribution in [3.8, 4) is 5.75 Å². The molecule has 0 radical (unpaired) electrons. The van der Waals surface area contributed by atoms with Gasteiger partial charge in [-0.1, -0.05) is 27.2 Å². The maximum absolute atomic E-state index is 9.57. The summed E-state index contributed by atoms with van der Waals surface area (Å²) in [5.41, 5.74) is 4.29. The van der Waals surface area contributed by atoms with Crippen LogP contribution in [-0.4, -0.2) is 49.4 Å². The third-order valence-corrected chi connectivity index (χ3v) is 5.40. The van der Waals surface area contributed by atoms with Crippen molar-refractivity contribution in [2.45, 2.75) is 13.8 Å². The SMILES string of the molecule is COc1cc(C)c(C)cc1NC(=NO)N1CCN(c2cccc(Br)c2)CC1. The molecule has 0 aromatic heterocycles. The van der Waals surface area contributed by atoms with Gasteiger partial charge in [0.05, 0.1) is 12.8 Å². The van der Waals surface area contributed by atoms with Crippen LogP contribution in [0.1, 0.15) is 11.1 Å². The lowest BCUT2D eigenvalue weighted by Gasteiger charge is -2.37. The molecule has 0 spiro atoms. The molecule has 0 amide bonds. The van der Waals surface area contributed by atoms with E-state index in [2.05, 4.69) is 43.4 Å². The average Bonchev–Trinajstić information content (AvgIpc) is 2.68. The van der Waals surface area contributed by atoms with Gasteiger partial charge in [0, 0.05) is 36.3 Å². The molecule has 6 nitrogen and oxygen atoms in total. The number of anilines is 2. The number of hydrogen-bond donors (Lipinski definition) is 2. The molecule has 0 unspecified atom stereocenters. The van der Waals surface area contributed by atoms with Crippen LogP contribution in [0.2, 0.25) is 0 Å². The second-order valence-corrected chi connectivity index (χ2v) is 7.56. The predicted molar refractivity (Wildman–Crippen MR) is 113 cm³/mol. The largest absolute Gasteiger partial charge is 0.495 e. The zero-order chi connectivity index (χ0) is 19.4. The first-order chi connectivity index (χ1) is 13.0. The van der Waals surface area contributed by atoms with Gasteiger partial charge in [0.15, 0.2) is 0 Å². The topological polar surface area (TPSA) is 60.3 Å². The summed E-state index contributed by atoms with van der Waals surface area (Å²) in [5.74, 6) is 1.16. The first-order valence-electron chi connectivity index (χ1n) is 8.91. The highest BCUT2D eigenvalue weighted by molar-refractivity contribution is 9.10. The van der Waals surface area contributed by atoms with Crippen molar-refractivity contribution in [3.63, 3.8) is 0 Å². The number of halogens is 1. The molecule has 0 atom stereocenters. The highest BCUT2D eigenvalue weighted by atomic mass is 79.9. The van der Waals surface area contributed by atoms with Crippen LogP contribution in [-0.2, 0) is 0 Å². The second-order valence-electron chi connectivity index (χ2n) is 6.64. The van der Waals surface area contributed by atoms with Crippen molar-refractivity contribution in [1.82, 2.24) is 4.90 Å². The fraction of sp³-hybridized carbons (Fsp3) is 0.350. The predicted octanol–water partition coefficient (Wildman–Crippen LogP) is 4.05. The van der Waals surface area contributed by atoms with Crippen LogP contribution in [0, 0.1) is 13.8 Å². The van der Waals surface area contributed by atoms with Crippen molar-refractivity contribution in [1.29, 1.82) is 0 Å². The molecular weight excluding hydrogens is 408 g/mol. The van der Waals surface area contributed by atoms with Gasteiger partial charge in [-0.3, -0.25) is 0 Å².